The summed E-state index contributed by atoms with van der Waals surface area (Å²) in [6.45, 7) is 5.58. The van der Waals surface area contributed by atoms with Crippen molar-refractivity contribution in [2.75, 3.05) is 0 Å². The number of aliphatic hydroxyl groups is 1. The number of aryl methyl sites for hydroxylation is 1. The van der Waals surface area contributed by atoms with Gasteiger partial charge in [-0.05, 0) is 37.5 Å². The van der Waals surface area contributed by atoms with Crippen LogP contribution in [0.1, 0.15) is 18.9 Å². The molecule has 0 aromatic heterocycles. The van der Waals surface area contributed by atoms with Gasteiger partial charge in [0, 0.05) is 10.6 Å². The highest BCUT2D eigenvalue weighted by Gasteiger charge is 2.31. The molecule has 1 aromatic carbocycles. The van der Waals surface area contributed by atoms with Crippen LogP contribution in [0.15, 0.2) is 59.9 Å². The number of carbonyl (C=O) groups is 1. The Labute approximate surface area is 134 Å². The molecular weight excluding hydrogens is 304 g/mol. The average Bonchev–Trinajstić information content (AvgIpc) is 2.73. The van der Waals surface area contributed by atoms with Crippen molar-refractivity contribution in [2.45, 2.75) is 25.0 Å². The number of benzene rings is 1. The topological polar surface area (TPSA) is 37.3 Å². The second-order valence-electron chi connectivity index (χ2n) is 4.93. The van der Waals surface area contributed by atoms with Crippen molar-refractivity contribution >= 4 is 28.5 Å². The van der Waals surface area contributed by atoms with E-state index in [2.05, 4.69) is 6.58 Å². The SMILES string of the molecule is C=C/C(C)=C/C1SC(=O)C(CCc2ccc(Cl)cc2)=C1O. The molecule has 1 heterocycles. The molecule has 2 rings (SSSR count). The molecule has 0 bridgehead atoms. The molecule has 1 unspecified atom stereocenters. The zero-order chi connectivity index (χ0) is 15.4. The maximum absolute atomic E-state index is 12.0. The zero-order valence-electron chi connectivity index (χ0n) is 11.8. The lowest BCUT2D eigenvalue weighted by atomic mass is 10.0. The summed E-state index contributed by atoms with van der Waals surface area (Å²) in [6.07, 6.45) is 4.82. The quantitative estimate of drug-likeness (QED) is 0.787. The first-order valence-corrected chi connectivity index (χ1v) is 7.95. The van der Waals surface area contributed by atoms with Gasteiger partial charge in [-0.2, -0.15) is 0 Å². The van der Waals surface area contributed by atoms with Gasteiger partial charge in [0.15, 0.2) is 0 Å². The first kappa shape index (κ1) is 15.9. The normalized spacial score (nSPS) is 19.2. The van der Waals surface area contributed by atoms with E-state index in [-0.39, 0.29) is 16.1 Å². The molecule has 0 saturated heterocycles. The van der Waals surface area contributed by atoms with E-state index in [1.54, 1.807) is 6.08 Å². The number of aliphatic hydroxyl groups excluding tert-OH is 1. The van der Waals surface area contributed by atoms with Gasteiger partial charge in [0.25, 0.3) is 0 Å². The first-order chi connectivity index (χ1) is 10.0. The number of halogens is 1. The summed E-state index contributed by atoms with van der Waals surface area (Å²) < 4.78 is 0. The first-order valence-electron chi connectivity index (χ1n) is 6.69. The molecule has 0 saturated carbocycles. The molecule has 0 radical (unpaired) electrons. The minimum atomic E-state index is -0.282. The molecule has 0 fully saturated rings. The number of thioether (sulfide) groups is 1. The maximum atomic E-state index is 12.0. The van der Waals surface area contributed by atoms with Crippen molar-refractivity contribution in [3.05, 3.63) is 70.5 Å². The standard InChI is InChI=1S/C17H17ClO2S/c1-3-11(2)10-15-16(19)14(17(20)21-15)9-6-12-4-7-13(18)8-5-12/h3-5,7-8,10,15,19H,1,6,9H2,2H3/b11-10+. The third kappa shape index (κ3) is 4.02. The van der Waals surface area contributed by atoms with Gasteiger partial charge in [0.2, 0.25) is 5.12 Å². The molecule has 1 aliphatic rings. The number of carbonyl (C=O) groups excluding carboxylic acids is 1. The lowest BCUT2D eigenvalue weighted by Crippen LogP contribution is -2.00. The van der Waals surface area contributed by atoms with Crippen molar-refractivity contribution in [3.8, 4) is 0 Å². The molecule has 2 nitrogen and oxygen atoms in total. The highest BCUT2D eigenvalue weighted by molar-refractivity contribution is 8.15. The van der Waals surface area contributed by atoms with Crippen LogP contribution in [0.5, 0.6) is 0 Å². The van der Waals surface area contributed by atoms with Crippen LogP contribution in [0, 0.1) is 0 Å². The molecule has 1 atom stereocenters. The molecular formula is C17H17ClO2S. The van der Waals surface area contributed by atoms with E-state index in [0.717, 1.165) is 22.9 Å². The highest BCUT2D eigenvalue weighted by atomic mass is 35.5. The molecule has 21 heavy (non-hydrogen) atoms. The lowest BCUT2D eigenvalue weighted by molar-refractivity contribution is -0.107. The minimum Gasteiger partial charge on any atom is -0.510 e. The van der Waals surface area contributed by atoms with Gasteiger partial charge in [-0.25, -0.2) is 0 Å². The summed E-state index contributed by atoms with van der Waals surface area (Å²) in [5.74, 6) is 0.181. The van der Waals surface area contributed by atoms with Gasteiger partial charge in [-0.15, -0.1) is 0 Å². The Balaban J connectivity index is 2.09. The summed E-state index contributed by atoms with van der Waals surface area (Å²) in [7, 11) is 0. The van der Waals surface area contributed by atoms with Crippen molar-refractivity contribution in [1.82, 2.24) is 0 Å². The largest absolute Gasteiger partial charge is 0.510 e. The third-order valence-corrected chi connectivity index (χ3v) is 4.70. The van der Waals surface area contributed by atoms with Crippen LogP contribution in [-0.2, 0) is 11.2 Å². The molecule has 0 aliphatic carbocycles. The summed E-state index contributed by atoms with van der Waals surface area (Å²) >= 11 is 7.00. The summed E-state index contributed by atoms with van der Waals surface area (Å²) in [4.78, 5) is 12.0. The van der Waals surface area contributed by atoms with Crippen LogP contribution < -0.4 is 0 Å². The monoisotopic (exact) mass is 320 g/mol. The van der Waals surface area contributed by atoms with Gasteiger partial charge in [0.1, 0.15) is 5.76 Å². The van der Waals surface area contributed by atoms with Crippen LogP contribution >= 0.6 is 23.4 Å². The number of hydrogen-bond acceptors (Lipinski definition) is 3. The van der Waals surface area contributed by atoms with E-state index in [9.17, 15) is 9.90 Å². The van der Waals surface area contributed by atoms with Crippen LogP contribution in [0.2, 0.25) is 5.02 Å². The second-order valence-corrected chi connectivity index (χ2v) is 6.48. The Morgan fingerprint density at radius 2 is 2.05 bits per heavy atom. The molecule has 110 valence electrons. The molecule has 1 aromatic rings. The predicted molar refractivity (Wildman–Crippen MR) is 89.8 cm³/mol. The number of allylic oxidation sites excluding steroid dienone is 2. The van der Waals surface area contributed by atoms with Crippen molar-refractivity contribution in [2.24, 2.45) is 0 Å². The van der Waals surface area contributed by atoms with Crippen LogP contribution in [-0.4, -0.2) is 15.5 Å². The smallest absolute Gasteiger partial charge is 0.219 e. The van der Waals surface area contributed by atoms with Gasteiger partial charge in [0.05, 0.1) is 5.25 Å². The Morgan fingerprint density at radius 1 is 1.38 bits per heavy atom. The fourth-order valence-electron chi connectivity index (χ4n) is 2.09. The third-order valence-electron chi connectivity index (χ3n) is 3.37. The van der Waals surface area contributed by atoms with Crippen molar-refractivity contribution in [3.63, 3.8) is 0 Å². The van der Waals surface area contributed by atoms with Crippen LogP contribution in [0.3, 0.4) is 0 Å². The van der Waals surface area contributed by atoms with Gasteiger partial charge < -0.3 is 5.11 Å². The van der Waals surface area contributed by atoms with Gasteiger partial charge in [-0.3, -0.25) is 4.79 Å². The number of rotatable bonds is 5. The van der Waals surface area contributed by atoms with E-state index >= 15 is 0 Å². The molecule has 4 heteroatoms. The van der Waals surface area contributed by atoms with Crippen molar-refractivity contribution in [1.29, 1.82) is 0 Å². The summed E-state index contributed by atoms with van der Waals surface area (Å²) in [5, 5.41) is 10.6. The van der Waals surface area contributed by atoms with Crippen molar-refractivity contribution < 1.29 is 9.90 Å². The number of hydrogen-bond donors (Lipinski definition) is 1. The fraction of sp³-hybridized carbons (Fsp3) is 0.235. The summed E-state index contributed by atoms with van der Waals surface area (Å²) in [5.41, 5.74) is 2.57. The van der Waals surface area contributed by atoms with E-state index in [1.165, 1.54) is 0 Å². The summed E-state index contributed by atoms with van der Waals surface area (Å²) in [6, 6.07) is 7.53. The highest BCUT2D eigenvalue weighted by Crippen LogP contribution is 2.36. The van der Waals surface area contributed by atoms with Crippen LogP contribution in [0.25, 0.3) is 0 Å². The van der Waals surface area contributed by atoms with E-state index < -0.39 is 0 Å². The molecule has 1 aliphatic heterocycles. The minimum absolute atomic E-state index is 0.0421. The van der Waals surface area contributed by atoms with Crippen LogP contribution in [0.4, 0.5) is 0 Å². The van der Waals surface area contributed by atoms with E-state index in [4.69, 9.17) is 11.6 Å². The Morgan fingerprint density at radius 3 is 2.67 bits per heavy atom. The average molecular weight is 321 g/mol. The molecule has 0 amide bonds. The Kier molecular flexibility index (Phi) is 5.32. The Bertz CT molecular complexity index is 614. The second kappa shape index (κ2) is 7.01. The van der Waals surface area contributed by atoms with E-state index in [0.29, 0.717) is 23.4 Å². The molecule has 1 N–H and O–H groups in total. The molecule has 0 spiro atoms. The lowest BCUT2D eigenvalue weighted by Gasteiger charge is -2.04. The maximum Gasteiger partial charge on any atom is 0.219 e. The zero-order valence-corrected chi connectivity index (χ0v) is 13.4. The van der Waals surface area contributed by atoms with Gasteiger partial charge in [-0.1, -0.05) is 59.8 Å². The van der Waals surface area contributed by atoms with E-state index in [1.807, 2.05) is 37.3 Å². The predicted octanol–water partition coefficient (Wildman–Crippen LogP) is 4.86. The Hall–Kier alpha value is -1.45. The fourth-order valence-corrected chi connectivity index (χ4v) is 3.33. The van der Waals surface area contributed by atoms with Gasteiger partial charge >= 0.3 is 0 Å².